The number of unbranched alkanes of at least 4 members (excludes halogenated alkanes) is 4. The highest BCUT2D eigenvalue weighted by Crippen LogP contribution is 2.47. The summed E-state index contributed by atoms with van der Waals surface area (Å²) < 4.78 is 1.31. The minimum absolute atomic E-state index is 0.265. The number of fused-ring (bicyclic) bond motifs is 3. The van der Waals surface area contributed by atoms with E-state index in [2.05, 4.69) is 0 Å². The van der Waals surface area contributed by atoms with Gasteiger partial charge in [0.05, 0.1) is 38.0 Å². The van der Waals surface area contributed by atoms with Crippen LogP contribution in [0.25, 0.3) is 0 Å². The number of quaternary nitrogens is 1. The molecule has 6 nitrogen and oxygen atoms in total. The smallest absolute Gasteiger partial charge is 0.307 e. The van der Waals surface area contributed by atoms with Crippen molar-refractivity contribution in [3.8, 4) is 0 Å². The van der Waals surface area contributed by atoms with E-state index in [-0.39, 0.29) is 6.42 Å². The van der Waals surface area contributed by atoms with Gasteiger partial charge >= 0.3 is 11.9 Å². The van der Waals surface area contributed by atoms with Crippen molar-refractivity contribution in [1.29, 1.82) is 0 Å². The fraction of sp³-hybridized carbons (Fsp3) is 0.714. The first-order valence-corrected chi connectivity index (χ1v) is 13.4. The van der Waals surface area contributed by atoms with Crippen molar-refractivity contribution < 1.29 is 24.3 Å². The quantitative estimate of drug-likeness (QED) is 0.238. The van der Waals surface area contributed by atoms with Crippen molar-refractivity contribution in [1.82, 2.24) is 0 Å². The molecule has 2 atom stereocenters. The van der Waals surface area contributed by atoms with Crippen LogP contribution in [0.15, 0.2) is 30.3 Å². The Labute approximate surface area is 205 Å². The molecule has 1 aromatic carbocycles. The molecule has 0 aromatic heterocycles. The van der Waals surface area contributed by atoms with Gasteiger partial charge in [0.2, 0.25) is 0 Å². The van der Waals surface area contributed by atoms with E-state index in [1.165, 1.54) is 75.6 Å². The number of benzene rings is 1. The Morgan fingerprint density at radius 1 is 0.853 bits per heavy atom. The molecule has 3 fully saturated rings. The average Bonchev–Trinajstić information content (AvgIpc) is 2.85. The summed E-state index contributed by atoms with van der Waals surface area (Å²) in [6.45, 7) is 6.11. The Bertz CT molecular complexity index is 757. The third-order valence-electron chi connectivity index (χ3n) is 8.83. The zero-order valence-electron chi connectivity index (χ0n) is 20.8. The second kappa shape index (κ2) is 12.7. The van der Waals surface area contributed by atoms with Crippen LogP contribution in [0.5, 0.6) is 0 Å². The lowest BCUT2D eigenvalue weighted by molar-refractivity contribution is -0.945. The van der Waals surface area contributed by atoms with Gasteiger partial charge in [-0.05, 0) is 56.0 Å². The highest BCUT2D eigenvalue weighted by atomic mass is 16.4. The number of rotatable bonds is 16. The predicted molar refractivity (Wildman–Crippen MR) is 134 cm³/mol. The molecule has 3 saturated heterocycles. The summed E-state index contributed by atoms with van der Waals surface area (Å²) >= 11 is 0. The van der Waals surface area contributed by atoms with Gasteiger partial charge in [-0.25, -0.2) is 0 Å². The molecule has 3 heterocycles. The maximum Gasteiger partial charge on any atom is 0.307 e. The highest BCUT2D eigenvalue weighted by Gasteiger charge is 2.47. The Morgan fingerprint density at radius 3 is 2.03 bits per heavy atom. The van der Waals surface area contributed by atoms with Crippen LogP contribution in [0.3, 0.4) is 0 Å². The number of piperidine rings is 3. The van der Waals surface area contributed by atoms with Crippen LogP contribution >= 0.6 is 0 Å². The van der Waals surface area contributed by atoms with E-state index in [0.717, 1.165) is 31.4 Å². The summed E-state index contributed by atoms with van der Waals surface area (Å²) in [6.07, 6.45) is 12.6. The van der Waals surface area contributed by atoms with Gasteiger partial charge in [0, 0.05) is 19.3 Å². The van der Waals surface area contributed by atoms with Crippen molar-refractivity contribution in [2.75, 3.05) is 32.7 Å². The Hall–Kier alpha value is -1.92. The molecule has 6 heteroatoms. The molecule has 0 unspecified atom stereocenters. The molecule has 3 aliphatic heterocycles. The van der Waals surface area contributed by atoms with Gasteiger partial charge in [0.25, 0.3) is 0 Å². The molecular weight excluding hydrogens is 428 g/mol. The van der Waals surface area contributed by atoms with E-state index in [1.807, 2.05) is 30.3 Å². The number of hydrogen-bond acceptors (Lipinski definition) is 3. The summed E-state index contributed by atoms with van der Waals surface area (Å²) in [6, 6.07) is 9.34. The fourth-order valence-corrected chi connectivity index (χ4v) is 6.43. The molecule has 1 aromatic rings. The van der Waals surface area contributed by atoms with Crippen molar-refractivity contribution in [3.63, 3.8) is 0 Å². The molecule has 4 N–H and O–H groups in total. The van der Waals surface area contributed by atoms with E-state index in [1.54, 1.807) is 0 Å². The van der Waals surface area contributed by atoms with E-state index in [4.69, 9.17) is 5.73 Å². The van der Waals surface area contributed by atoms with Crippen LogP contribution in [-0.2, 0) is 16.0 Å². The van der Waals surface area contributed by atoms with Crippen LogP contribution in [0.2, 0.25) is 0 Å². The Morgan fingerprint density at radius 2 is 1.44 bits per heavy atom. The Balaban J connectivity index is 1.35. The standard InChI is InChI=1S/C28H44N2O4/c29-17-9-13-28-14-19-30(20-15-28,21-16-28)18-8-3-1-2-7-12-24(26(31)32)25(27(33)34)22-23-10-5-4-6-11-23/h4-6,10-11,24-25H,1-3,7-9,12-22,29H2,(H-,31,32,33,34)/p+1/t24-,25-,28?,30?/m0/s1. The third-order valence-corrected chi connectivity index (χ3v) is 8.83. The first-order valence-electron chi connectivity index (χ1n) is 13.4. The van der Waals surface area contributed by atoms with Gasteiger partial charge in [0.1, 0.15) is 0 Å². The average molecular weight is 474 g/mol. The monoisotopic (exact) mass is 473 g/mol. The molecular formula is C28H45N2O4+. The highest BCUT2D eigenvalue weighted by molar-refractivity contribution is 5.80. The summed E-state index contributed by atoms with van der Waals surface area (Å²) in [5.41, 5.74) is 7.21. The van der Waals surface area contributed by atoms with Gasteiger partial charge in [-0.1, -0.05) is 49.6 Å². The first kappa shape index (κ1) is 26.7. The summed E-state index contributed by atoms with van der Waals surface area (Å²) in [7, 11) is 0. The van der Waals surface area contributed by atoms with Gasteiger partial charge < -0.3 is 20.4 Å². The first-order chi connectivity index (χ1) is 16.4. The van der Waals surface area contributed by atoms with E-state index < -0.39 is 23.8 Å². The largest absolute Gasteiger partial charge is 0.481 e. The summed E-state index contributed by atoms with van der Waals surface area (Å²) in [4.78, 5) is 23.7. The fourth-order valence-electron chi connectivity index (χ4n) is 6.43. The lowest BCUT2D eigenvalue weighted by Gasteiger charge is -2.55. The molecule has 0 radical (unpaired) electrons. The maximum absolute atomic E-state index is 11.9. The number of carboxylic acid groups (broad SMARTS) is 2. The zero-order valence-corrected chi connectivity index (χ0v) is 20.8. The normalized spacial score (nSPS) is 25.7. The summed E-state index contributed by atoms with van der Waals surface area (Å²) in [5.74, 6) is -3.72. The van der Waals surface area contributed by atoms with Crippen LogP contribution in [0.4, 0.5) is 0 Å². The summed E-state index contributed by atoms with van der Waals surface area (Å²) in [5, 5.41) is 19.4. The number of aliphatic carboxylic acids is 2. The van der Waals surface area contributed by atoms with Gasteiger partial charge in [-0.15, -0.1) is 0 Å². The zero-order chi connectivity index (χ0) is 24.4. The Kier molecular flexibility index (Phi) is 9.96. The van der Waals surface area contributed by atoms with E-state index in [9.17, 15) is 19.8 Å². The number of hydrogen-bond donors (Lipinski definition) is 3. The lowest BCUT2D eigenvalue weighted by Crippen LogP contribution is -2.62. The van der Waals surface area contributed by atoms with Crippen LogP contribution < -0.4 is 5.73 Å². The molecule has 4 rings (SSSR count). The molecule has 3 aliphatic rings. The molecule has 190 valence electrons. The van der Waals surface area contributed by atoms with Crippen molar-refractivity contribution in [2.24, 2.45) is 23.0 Å². The van der Waals surface area contributed by atoms with Gasteiger partial charge in [0.15, 0.2) is 0 Å². The van der Waals surface area contributed by atoms with Crippen LogP contribution in [0, 0.1) is 17.3 Å². The van der Waals surface area contributed by atoms with E-state index >= 15 is 0 Å². The second-order valence-electron chi connectivity index (χ2n) is 11.0. The minimum atomic E-state index is -1.01. The minimum Gasteiger partial charge on any atom is -0.481 e. The topological polar surface area (TPSA) is 101 Å². The number of nitrogens with two attached hydrogens (primary N) is 1. The lowest BCUT2D eigenvalue weighted by atomic mass is 9.68. The van der Waals surface area contributed by atoms with Crippen LogP contribution in [0.1, 0.15) is 76.2 Å². The number of nitrogens with zero attached hydrogens (tertiary/aromatic N) is 1. The maximum atomic E-state index is 11.9. The second-order valence-corrected chi connectivity index (χ2v) is 11.0. The predicted octanol–water partition coefficient (Wildman–Crippen LogP) is 4.71. The molecule has 0 saturated carbocycles. The SMILES string of the molecule is NCCCC12CC[N+](CCCCCCC[C@H](C(=O)O)[C@H](Cc3ccccc3)C(=O)O)(CC1)CC2. The van der Waals surface area contributed by atoms with Crippen molar-refractivity contribution in [3.05, 3.63) is 35.9 Å². The number of carboxylic acids is 2. The van der Waals surface area contributed by atoms with Gasteiger partial charge in [-0.3, -0.25) is 9.59 Å². The van der Waals surface area contributed by atoms with Crippen molar-refractivity contribution >= 4 is 11.9 Å². The molecule has 2 bridgehead atoms. The van der Waals surface area contributed by atoms with Crippen LogP contribution in [-0.4, -0.2) is 59.4 Å². The molecule has 0 spiro atoms. The molecule has 34 heavy (non-hydrogen) atoms. The third kappa shape index (κ3) is 7.29. The van der Waals surface area contributed by atoms with Crippen molar-refractivity contribution in [2.45, 2.75) is 77.0 Å². The molecule has 0 amide bonds. The number of carbonyl (C=O) groups is 2. The van der Waals surface area contributed by atoms with Gasteiger partial charge in [-0.2, -0.15) is 0 Å². The molecule has 0 aliphatic carbocycles. The van der Waals surface area contributed by atoms with E-state index in [0.29, 0.717) is 11.8 Å².